The Morgan fingerprint density at radius 1 is 1.10 bits per heavy atom. The Balaban J connectivity index is 2.02. The number of rotatable bonds is 10. The molecule has 0 radical (unpaired) electrons. The highest BCUT2D eigenvalue weighted by Gasteiger charge is 2.36. The maximum atomic E-state index is 13.1. The fourth-order valence-corrected chi connectivity index (χ4v) is 2.97. The second-order valence-corrected chi connectivity index (χ2v) is 6.69. The zero-order chi connectivity index (χ0) is 22.9. The molecule has 10 heteroatoms. The SMILES string of the molecule is CCNC(=NCc1cn(C)nc1C(F)(F)F)NCCc1ccc(OCC)c(OCC)c1. The summed E-state index contributed by atoms with van der Waals surface area (Å²) in [5.41, 5.74) is 0.161. The highest BCUT2D eigenvalue weighted by atomic mass is 19.4. The van der Waals surface area contributed by atoms with Gasteiger partial charge in [0.05, 0.1) is 19.8 Å². The lowest BCUT2D eigenvalue weighted by atomic mass is 10.1. The molecule has 0 atom stereocenters. The van der Waals surface area contributed by atoms with Crippen LogP contribution in [0.3, 0.4) is 0 Å². The molecule has 0 unspecified atom stereocenters. The van der Waals surface area contributed by atoms with Crippen LogP contribution in [0.1, 0.15) is 37.6 Å². The van der Waals surface area contributed by atoms with Crippen LogP contribution >= 0.6 is 0 Å². The molecule has 0 amide bonds. The summed E-state index contributed by atoms with van der Waals surface area (Å²) in [5.74, 6) is 1.84. The molecule has 0 spiro atoms. The number of nitrogens with one attached hydrogen (secondary N) is 2. The van der Waals surface area contributed by atoms with Crippen molar-refractivity contribution in [3.8, 4) is 11.5 Å². The van der Waals surface area contributed by atoms with Gasteiger partial charge in [0, 0.05) is 31.9 Å². The van der Waals surface area contributed by atoms with Crippen molar-refractivity contribution in [2.24, 2.45) is 12.0 Å². The van der Waals surface area contributed by atoms with Crippen molar-refractivity contribution in [3.05, 3.63) is 41.2 Å². The minimum atomic E-state index is -4.51. The molecule has 1 aromatic heterocycles. The molecule has 0 fully saturated rings. The Bertz CT molecular complexity index is 865. The summed E-state index contributed by atoms with van der Waals surface area (Å²) in [7, 11) is 1.46. The molecule has 31 heavy (non-hydrogen) atoms. The average Bonchev–Trinajstić information content (AvgIpc) is 3.09. The molecule has 0 aliphatic carbocycles. The maximum Gasteiger partial charge on any atom is 0.435 e. The zero-order valence-corrected chi connectivity index (χ0v) is 18.3. The number of aromatic nitrogens is 2. The molecule has 2 aromatic rings. The normalized spacial score (nSPS) is 12.0. The number of aryl methyl sites for hydroxylation is 1. The number of hydrogen-bond donors (Lipinski definition) is 2. The summed E-state index contributed by atoms with van der Waals surface area (Å²) in [6.07, 6.45) is -2.49. The average molecular weight is 441 g/mol. The third kappa shape index (κ3) is 7.37. The summed E-state index contributed by atoms with van der Waals surface area (Å²) in [5, 5.41) is 9.71. The predicted molar refractivity (Wildman–Crippen MR) is 114 cm³/mol. The van der Waals surface area contributed by atoms with E-state index in [4.69, 9.17) is 9.47 Å². The lowest BCUT2D eigenvalue weighted by Crippen LogP contribution is -2.38. The van der Waals surface area contributed by atoms with Crippen LogP contribution in [0, 0.1) is 0 Å². The van der Waals surface area contributed by atoms with Gasteiger partial charge in [0.1, 0.15) is 0 Å². The van der Waals surface area contributed by atoms with Gasteiger partial charge in [0.2, 0.25) is 0 Å². The lowest BCUT2D eigenvalue weighted by Gasteiger charge is -2.14. The van der Waals surface area contributed by atoms with E-state index in [1.54, 1.807) is 0 Å². The van der Waals surface area contributed by atoms with Gasteiger partial charge < -0.3 is 20.1 Å². The van der Waals surface area contributed by atoms with Crippen LogP contribution in [-0.2, 0) is 26.2 Å². The van der Waals surface area contributed by atoms with E-state index in [9.17, 15) is 13.2 Å². The number of ether oxygens (including phenoxy) is 2. The lowest BCUT2D eigenvalue weighted by molar-refractivity contribution is -0.142. The Morgan fingerprint density at radius 2 is 1.81 bits per heavy atom. The Hall–Kier alpha value is -2.91. The fourth-order valence-electron chi connectivity index (χ4n) is 2.97. The highest BCUT2D eigenvalue weighted by molar-refractivity contribution is 5.79. The minimum Gasteiger partial charge on any atom is -0.490 e. The van der Waals surface area contributed by atoms with E-state index in [1.165, 1.54) is 13.2 Å². The molecular formula is C21H30F3N5O2. The maximum absolute atomic E-state index is 13.1. The summed E-state index contributed by atoms with van der Waals surface area (Å²) in [6, 6.07) is 5.78. The van der Waals surface area contributed by atoms with Crippen molar-refractivity contribution in [3.63, 3.8) is 0 Å². The molecule has 2 rings (SSSR count). The monoisotopic (exact) mass is 441 g/mol. The van der Waals surface area contributed by atoms with E-state index >= 15 is 0 Å². The van der Waals surface area contributed by atoms with Crippen molar-refractivity contribution in [1.29, 1.82) is 0 Å². The Kier molecular flexibility index (Phi) is 9.02. The van der Waals surface area contributed by atoms with Crippen LogP contribution in [-0.4, -0.2) is 42.0 Å². The van der Waals surface area contributed by atoms with E-state index in [0.717, 1.165) is 10.2 Å². The second-order valence-electron chi connectivity index (χ2n) is 6.69. The number of alkyl halides is 3. The van der Waals surface area contributed by atoms with E-state index in [2.05, 4.69) is 20.7 Å². The summed E-state index contributed by atoms with van der Waals surface area (Å²) in [6.45, 7) is 7.81. The molecule has 0 bridgehead atoms. The first-order valence-electron chi connectivity index (χ1n) is 10.3. The van der Waals surface area contributed by atoms with Gasteiger partial charge in [-0.2, -0.15) is 18.3 Å². The van der Waals surface area contributed by atoms with Crippen LogP contribution in [0.4, 0.5) is 13.2 Å². The first kappa shape index (κ1) is 24.4. The second kappa shape index (κ2) is 11.5. The Morgan fingerprint density at radius 3 is 2.45 bits per heavy atom. The van der Waals surface area contributed by atoms with Gasteiger partial charge >= 0.3 is 6.18 Å². The molecule has 0 saturated heterocycles. The summed E-state index contributed by atoms with van der Waals surface area (Å²) in [4.78, 5) is 4.28. The van der Waals surface area contributed by atoms with Crippen molar-refractivity contribution in [2.45, 2.75) is 39.9 Å². The number of guanidine groups is 1. The van der Waals surface area contributed by atoms with E-state index in [0.29, 0.717) is 50.2 Å². The van der Waals surface area contributed by atoms with Gasteiger partial charge in [0.15, 0.2) is 23.2 Å². The van der Waals surface area contributed by atoms with Gasteiger partial charge in [0.25, 0.3) is 0 Å². The topological polar surface area (TPSA) is 72.7 Å². The van der Waals surface area contributed by atoms with Gasteiger partial charge in [-0.1, -0.05) is 6.07 Å². The number of aliphatic imine (C=N–C) groups is 1. The summed E-state index contributed by atoms with van der Waals surface area (Å²) < 4.78 is 51.7. The standard InChI is InChI=1S/C21H30F3N5O2/c1-5-25-20(27-13-16-14-29(4)28-19(16)21(22,23)24)26-11-10-15-8-9-17(30-6-2)18(12-15)31-7-3/h8-9,12,14H,5-7,10-11,13H2,1-4H3,(H2,25,26,27). The van der Waals surface area contributed by atoms with E-state index in [1.807, 2.05) is 39.0 Å². The van der Waals surface area contributed by atoms with Crippen molar-refractivity contribution in [1.82, 2.24) is 20.4 Å². The molecule has 0 aliphatic rings. The first-order chi connectivity index (χ1) is 14.8. The molecule has 1 heterocycles. The molecule has 0 aliphatic heterocycles. The number of hydrogen-bond acceptors (Lipinski definition) is 4. The first-order valence-corrected chi connectivity index (χ1v) is 10.3. The third-order valence-corrected chi connectivity index (χ3v) is 4.24. The zero-order valence-electron chi connectivity index (χ0n) is 18.3. The van der Waals surface area contributed by atoms with Gasteiger partial charge in [-0.05, 0) is 44.9 Å². The van der Waals surface area contributed by atoms with Crippen LogP contribution < -0.4 is 20.1 Å². The predicted octanol–water partition coefficient (Wildman–Crippen LogP) is 3.53. The van der Waals surface area contributed by atoms with Crippen LogP contribution in [0.25, 0.3) is 0 Å². The molecule has 7 nitrogen and oxygen atoms in total. The van der Waals surface area contributed by atoms with Crippen molar-refractivity contribution >= 4 is 5.96 Å². The van der Waals surface area contributed by atoms with E-state index < -0.39 is 11.9 Å². The minimum absolute atomic E-state index is 0.0278. The third-order valence-electron chi connectivity index (χ3n) is 4.24. The summed E-state index contributed by atoms with van der Waals surface area (Å²) >= 11 is 0. The largest absolute Gasteiger partial charge is 0.490 e. The highest BCUT2D eigenvalue weighted by Crippen LogP contribution is 2.31. The fraction of sp³-hybridized carbons (Fsp3) is 0.524. The van der Waals surface area contributed by atoms with Crippen LogP contribution in [0.15, 0.2) is 29.4 Å². The number of halogens is 3. The number of nitrogens with zero attached hydrogens (tertiary/aromatic N) is 3. The van der Waals surface area contributed by atoms with Crippen LogP contribution in [0.5, 0.6) is 11.5 Å². The smallest absolute Gasteiger partial charge is 0.435 e. The Labute approximate surface area is 180 Å². The molecule has 2 N–H and O–H groups in total. The number of benzene rings is 1. The van der Waals surface area contributed by atoms with Gasteiger partial charge in [-0.3, -0.25) is 4.68 Å². The quantitative estimate of drug-likeness (QED) is 0.436. The molecule has 1 aromatic carbocycles. The van der Waals surface area contributed by atoms with Gasteiger partial charge in [-0.15, -0.1) is 0 Å². The van der Waals surface area contributed by atoms with Crippen LogP contribution in [0.2, 0.25) is 0 Å². The van der Waals surface area contributed by atoms with E-state index in [-0.39, 0.29) is 12.1 Å². The van der Waals surface area contributed by atoms with Gasteiger partial charge in [-0.25, -0.2) is 4.99 Å². The molecule has 172 valence electrons. The molecular weight excluding hydrogens is 411 g/mol. The molecule has 0 saturated carbocycles. The van der Waals surface area contributed by atoms with Crippen molar-refractivity contribution < 1.29 is 22.6 Å². The van der Waals surface area contributed by atoms with Crippen molar-refractivity contribution in [2.75, 3.05) is 26.3 Å².